The Hall–Kier alpha value is -1.32. The molecule has 0 bridgehead atoms. The van der Waals surface area contributed by atoms with Gasteiger partial charge in [0, 0.05) is 6.54 Å². The summed E-state index contributed by atoms with van der Waals surface area (Å²) in [6.07, 6.45) is 7.42. The average Bonchev–Trinajstić information content (AvgIpc) is 2.39. The summed E-state index contributed by atoms with van der Waals surface area (Å²) >= 11 is 0. The molecule has 1 aliphatic rings. The van der Waals surface area contributed by atoms with Crippen LogP contribution in [0.3, 0.4) is 0 Å². The normalized spacial score (nSPS) is 16.8. The van der Waals surface area contributed by atoms with Crippen molar-refractivity contribution in [2.45, 2.75) is 38.5 Å². The van der Waals surface area contributed by atoms with E-state index < -0.39 is 11.6 Å². The van der Waals surface area contributed by atoms with Crippen LogP contribution >= 0.6 is 0 Å². The Bertz CT molecular complexity index is 401. The van der Waals surface area contributed by atoms with Gasteiger partial charge in [0.15, 0.2) is 11.6 Å². The van der Waals surface area contributed by atoms with E-state index in [1.807, 2.05) is 0 Å². The largest absolute Gasteiger partial charge is 0.397 e. The molecule has 4 heteroatoms. The van der Waals surface area contributed by atoms with E-state index in [1.54, 1.807) is 0 Å². The van der Waals surface area contributed by atoms with Crippen molar-refractivity contribution in [3.8, 4) is 0 Å². The number of hydrogen-bond donors (Lipinski definition) is 2. The molecule has 0 atom stereocenters. The van der Waals surface area contributed by atoms with Crippen molar-refractivity contribution in [3.63, 3.8) is 0 Å². The fraction of sp³-hybridized carbons (Fsp3) is 0.571. The SMILES string of the molecule is Nc1ccc(F)c(F)c1NCCC1CCCCC1. The lowest BCUT2D eigenvalue weighted by Gasteiger charge is -2.22. The van der Waals surface area contributed by atoms with Crippen LogP contribution in [0.25, 0.3) is 0 Å². The molecule has 1 aromatic carbocycles. The van der Waals surface area contributed by atoms with Gasteiger partial charge in [-0.2, -0.15) is 0 Å². The second kappa shape index (κ2) is 6.03. The Morgan fingerprint density at radius 2 is 1.89 bits per heavy atom. The summed E-state index contributed by atoms with van der Waals surface area (Å²) in [5, 5.41) is 2.93. The van der Waals surface area contributed by atoms with E-state index in [0.29, 0.717) is 12.5 Å². The fourth-order valence-corrected chi connectivity index (χ4v) is 2.62. The van der Waals surface area contributed by atoms with Crippen molar-refractivity contribution >= 4 is 11.4 Å². The van der Waals surface area contributed by atoms with Gasteiger partial charge in [0.2, 0.25) is 0 Å². The Morgan fingerprint density at radius 3 is 2.61 bits per heavy atom. The maximum atomic E-state index is 13.5. The molecule has 0 unspecified atom stereocenters. The third-order valence-corrected chi connectivity index (χ3v) is 3.71. The van der Waals surface area contributed by atoms with Crippen LogP contribution in [-0.4, -0.2) is 6.54 Å². The average molecular weight is 254 g/mol. The first kappa shape index (κ1) is 13.1. The highest BCUT2D eigenvalue weighted by Gasteiger charge is 2.15. The second-order valence-electron chi connectivity index (χ2n) is 5.05. The minimum absolute atomic E-state index is 0.103. The molecular formula is C14H20F2N2. The predicted octanol–water partition coefficient (Wildman–Crippen LogP) is 3.93. The van der Waals surface area contributed by atoms with E-state index in [2.05, 4.69) is 5.32 Å². The van der Waals surface area contributed by atoms with E-state index in [1.165, 1.54) is 38.2 Å². The van der Waals surface area contributed by atoms with Gasteiger partial charge in [0.1, 0.15) is 0 Å². The summed E-state index contributed by atoms with van der Waals surface area (Å²) in [6.45, 7) is 0.648. The van der Waals surface area contributed by atoms with Gasteiger partial charge in [-0.3, -0.25) is 0 Å². The van der Waals surface area contributed by atoms with Gasteiger partial charge >= 0.3 is 0 Å². The van der Waals surface area contributed by atoms with E-state index in [-0.39, 0.29) is 11.4 Å². The van der Waals surface area contributed by atoms with Gasteiger partial charge < -0.3 is 11.1 Å². The number of hydrogen-bond acceptors (Lipinski definition) is 2. The Kier molecular flexibility index (Phi) is 4.39. The lowest BCUT2D eigenvalue weighted by Crippen LogP contribution is -2.14. The summed E-state index contributed by atoms with van der Waals surface area (Å²) in [7, 11) is 0. The third-order valence-electron chi connectivity index (χ3n) is 3.71. The smallest absolute Gasteiger partial charge is 0.183 e. The summed E-state index contributed by atoms with van der Waals surface area (Å²) in [4.78, 5) is 0. The van der Waals surface area contributed by atoms with E-state index in [9.17, 15) is 8.78 Å². The monoisotopic (exact) mass is 254 g/mol. The van der Waals surface area contributed by atoms with Gasteiger partial charge in [-0.05, 0) is 24.5 Å². The van der Waals surface area contributed by atoms with E-state index >= 15 is 0 Å². The fourth-order valence-electron chi connectivity index (χ4n) is 2.62. The third kappa shape index (κ3) is 3.12. The van der Waals surface area contributed by atoms with Crippen LogP contribution in [-0.2, 0) is 0 Å². The summed E-state index contributed by atoms with van der Waals surface area (Å²) < 4.78 is 26.6. The molecule has 2 nitrogen and oxygen atoms in total. The first-order chi connectivity index (χ1) is 8.68. The van der Waals surface area contributed by atoms with Gasteiger partial charge in [-0.1, -0.05) is 32.1 Å². The minimum atomic E-state index is -0.876. The van der Waals surface area contributed by atoms with Crippen molar-refractivity contribution in [1.29, 1.82) is 0 Å². The molecule has 1 aromatic rings. The van der Waals surface area contributed by atoms with Crippen molar-refractivity contribution in [3.05, 3.63) is 23.8 Å². The maximum absolute atomic E-state index is 13.5. The zero-order valence-corrected chi connectivity index (χ0v) is 10.5. The molecule has 0 aliphatic heterocycles. The van der Waals surface area contributed by atoms with Gasteiger partial charge in [-0.25, -0.2) is 8.78 Å². The molecule has 100 valence electrons. The standard InChI is InChI=1S/C14H20F2N2/c15-11-6-7-12(17)14(13(11)16)18-9-8-10-4-2-1-3-5-10/h6-7,10,18H,1-5,8-9,17H2. The Morgan fingerprint density at radius 1 is 1.17 bits per heavy atom. The Balaban J connectivity index is 1.88. The van der Waals surface area contributed by atoms with Crippen molar-refractivity contribution in [1.82, 2.24) is 0 Å². The second-order valence-corrected chi connectivity index (χ2v) is 5.05. The van der Waals surface area contributed by atoms with Crippen LogP contribution in [0.1, 0.15) is 38.5 Å². The van der Waals surface area contributed by atoms with Crippen molar-refractivity contribution in [2.24, 2.45) is 5.92 Å². The minimum Gasteiger partial charge on any atom is -0.397 e. The van der Waals surface area contributed by atoms with Crippen LogP contribution in [0, 0.1) is 17.6 Å². The lowest BCUT2D eigenvalue weighted by molar-refractivity contribution is 0.345. The summed E-state index contributed by atoms with van der Waals surface area (Å²) in [5.41, 5.74) is 6.00. The molecule has 1 fully saturated rings. The molecular weight excluding hydrogens is 234 g/mol. The molecule has 0 radical (unpaired) electrons. The van der Waals surface area contributed by atoms with Gasteiger partial charge in [-0.15, -0.1) is 0 Å². The van der Waals surface area contributed by atoms with Crippen molar-refractivity contribution < 1.29 is 8.78 Å². The first-order valence-corrected chi connectivity index (χ1v) is 6.66. The highest BCUT2D eigenvalue weighted by molar-refractivity contribution is 5.66. The lowest BCUT2D eigenvalue weighted by atomic mass is 9.87. The van der Waals surface area contributed by atoms with E-state index in [4.69, 9.17) is 5.73 Å². The highest BCUT2D eigenvalue weighted by Crippen LogP contribution is 2.28. The van der Waals surface area contributed by atoms with Crippen LogP contribution < -0.4 is 11.1 Å². The Labute approximate surface area is 107 Å². The van der Waals surface area contributed by atoms with Crippen LogP contribution in [0.5, 0.6) is 0 Å². The van der Waals surface area contributed by atoms with Crippen LogP contribution in [0.4, 0.5) is 20.2 Å². The van der Waals surface area contributed by atoms with Gasteiger partial charge in [0.05, 0.1) is 11.4 Å². The summed E-state index contributed by atoms with van der Waals surface area (Å²) in [5.74, 6) is -1.02. The van der Waals surface area contributed by atoms with E-state index in [0.717, 1.165) is 12.5 Å². The number of benzene rings is 1. The maximum Gasteiger partial charge on any atom is 0.183 e. The molecule has 0 aromatic heterocycles. The highest BCUT2D eigenvalue weighted by atomic mass is 19.2. The quantitative estimate of drug-likeness (QED) is 0.799. The number of halogens is 2. The molecule has 18 heavy (non-hydrogen) atoms. The molecule has 1 aliphatic carbocycles. The molecule has 0 heterocycles. The molecule has 0 amide bonds. The zero-order valence-electron chi connectivity index (χ0n) is 10.5. The summed E-state index contributed by atoms with van der Waals surface area (Å²) in [6, 6.07) is 2.44. The van der Waals surface area contributed by atoms with Crippen LogP contribution in [0.15, 0.2) is 12.1 Å². The molecule has 3 N–H and O–H groups in total. The number of nitrogens with two attached hydrogens (primary N) is 1. The molecule has 0 spiro atoms. The molecule has 1 saturated carbocycles. The number of nitrogens with one attached hydrogen (secondary N) is 1. The molecule has 2 rings (SSSR count). The first-order valence-electron chi connectivity index (χ1n) is 6.66. The van der Waals surface area contributed by atoms with Crippen LogP contribution in [0.2, 0.25) is 0 Å². The predicted molar refractivity (Wildman–Crippen MR) is 70.5 cm³/mol. The van der Waals surface area contributed by atoms with Gasteiger partial charge in [0.25, 0.3) is 0 Å². The number of anilines is 2. The number of rotatable bonds is 4. The number of nitrogen functional groups attached to an aromatic ring is 1. The van der Waals surface area contributed by atoms with Crippen molar-refractivity contribution in [2.75, 3.05) is 17.6 Å². The molecule has 0 saturated heterocycles. The zero-order chi connectivity index (χ0) is 13.0. The topological polar surface area (TPSA) is 38.0 Å².